The first-order chi connectivity index (χ1) is 14.9. The van der Waals surface area contributed by atoms with E-state index in [-0.39, 0.29) is 21.1 Å². The summed E-state index contributed by atoms with van der Waals surface area (Å²) < 4.78 is 5.45. The molecule has 2 aromatic carbocycles. The van der Waals surface area contributed by atoms with Crippen molar-refractivity contribution in [1.29, 1.82) is 0 Å². The van der Waals surface area contributed by atoms with Crippen molar-refractivity contribution in [2.75, 3.05) is 12.0 Å². The first-order valence-electron chi connectivity index (χ1n) is 10.6. The van der Waals surface area contributed by atoms with Crippen molar-refractivity contribution in [2.45, 2.75) is 48.4 Å². The van der Waals surface area contributed by atoms with Gasteiger partial charge in [-0.05, 0) is 60.8 Å². The Kier molecular flexibility index (Phi) is 8.29. The van der Waals surface area contributed by atoms with E-state index in [1.807, 2.05) is 6.20 Å². The van der Waals surface area contributed by atoms with Gasteiger partial charge < -0.3 is 15.0 Å². The minimum atomic E-state index is -0.0955. The maximum Gasteiger partial charge on any atom is 0.149 e. The van der Waals surface area contributed by atoms with Crippen LogP contribution in [0.25, 0.3) is 5.57 Å². The predicted octanol–water partition coefficient (Wildman–Crippen LogP) is 7.46. The van der Waals surface area contributed by atoms with E-state index < -0.39 is 0 Å². The molecule has 2 aliphatic rings. The Hall–Kier alpha value is -3.30. The highest BCUT2D eigenvalue weighted by Gasteiger charge is 2.24. The van der Waals surface area contributed by atoms with Crippen molar-refractivity contribution in [3.63, 3.8) is 0 Å². The van der Waals surface area contributed by atoms with Gasteiger partial charge in [0.2, 0.25) is 0 Å². The van der Waals surface area contributed by atoms with Gasteiger partial charge in [-0.1, -0.05) is 75.5 Å². The van der Waals surface area contributed by atoms with Crippen LogP contribution in [0.2, 0.25) is 0 Å². The van der Waals surface area contributed by atoms with Gasteiger partial charge in [-0.15, -0.1) is 0 Å². The van der Waals surface area contributed by atoms with Crippen LogP contribution in [-0.2, 0) is 11.3 Å². The molecule has 4 rings (SSSR count). The van der Waals surface area contributed by atoms with Gasteiger partial charge in [0.15, 0.2) is 0 Å². The summed E-state index contributed by atoms with van der Waals surface area (Å²) in [6.45, 7) is 16.0. The van der Waals surface area contributed by atoms with E-state index in [0.29, 0.717) is 0 Å². The average Bonchev–Trinajstić information content (AvgIpc) is 2.74. The molecule has 1 unspecified atom stereocenters. The Morgan fingerprint density at radius 3 is 2.36 bits per heavy atom. The van der Waals surface area contributed by atoms with Crippen molar-refractivity contribution in [1.82, 2.24) is 5.32 Å². The third-order valence-electron chi connectivity index (χ3n) is 5.88. The molecule has 0 spiro atoms. The van der Waals surface area contributed by atoms with Crippen LogP contribution in [0.15, 0.2) is 96.4 Å². The number of anilines is 1. The highest BCUT2D eigenvalue weighted by molar-refractivity contribution is 5.93. The third-order valence-corrected chi connectivity index (χ3v) is 5.88. The lowest BCUT2D eigenvalue weighted by Gasteiger charge is -2.32. The fraction of sp³-hybridized carbons (Fsp3) is 0.267. The summed E-state index contributed by atoms with van der Waals surface area (Å²) in [5, 5.41) is 3.30. The Morgan fingerprint density at radius 1 is 1.06 bits per heavy atom. The molecule has 0 saturated carbocycles. The van der Waals surface area contributed by atoms with Crippen LogP contribution in [0.5, 0.6) is 0 Å². The number of hydrogen-bond donors (Lipinski definition) is 1. The molecule has 2 aromatic rings. The summed E-state index contributed by atoms with van der Waals surface area (Å²) in [4.78, 5) is 2.31. The average molecular weight is 443 g/mol. The molecule has 0 radical (unpaired) electrons. The number of benzene rings is 2. The van der Waals surface area contributed by atoms with Crippen LogP contribution < -0.4 is 10.2 Å². The first-order valence-corrected chi connectivity index (χ1v) is 10.6. The molecule has 2 aliphatic heterocycles. The summed E-state index contributed by atoms with van der Waals surface area (Å²) in [6, 6.07) is 15.2. The molecule has 0 bridgehead atoms. The van der Waals surface area contributed by atoms with E-state index in [4.69, 9.17) is 4.74 Å². The Labute approximate surface area is 200 Å². The first kappa shape index (κ1) is 26.0. The number of hydrogen-bond acceptors (Lipinski definition) is 3. The van der Waals surface area contributed by atoms with Gasteiger partial charge in [-0.25, -0.2) is 0 Å². The second-order valence-electron chi connectivity index (χ2n) is 8.41. The summed E-state index contributed by atoms with van der Waals surface area (Å²) in [7, 11) is 1.70. The molecule has 1 N–H and O–H groups in total. The predicted molar refractivity (Wildman–Crippen MR) is 144 cm³/mol. The fourth-order valence-electron chi connectivity index (χ4n) is 4.42. The molecule has 0 fully saturated rings. The SMILES string of the molecule is C.C.C=C(C1=CNC(OC)C(C)=C1)C1=CN(Cc2cc(C)cc(C)c2)c2ccccc2C1=C. The molecule has 33 heavy (non-hydrogen) atoms. The Balaban J connectivity index is 0.00000193. The molecular formula is C30H38N2O. The Morgan fingerprint density at radius 2 is 1.73 bits per heavy atom. The quantitative estimate of drug-likeness (QED) is 0.520. The second kappa shape index (κ2) is 10.5. The highest BCUT2D eigenvalue weighted by atomic mass is 16.5. The number of nitrogens with zero attached hydrogens (tertiary/aromatic N) is 1. The molecule has 1 atom stereocenters. The van der Waals surface area contributed by atoms with Crippen LogP contribution in [0, 0.1) is 13.8 Å². The summed E-state index contributed by atoms with van der Waals surface area (Å²) in [5.74, 6) is 0. The molecule has 0 amide bonds. The molecule has 174 valence electrons. The number of nitrogens with one attached hydrogen (secondary N) is 1. The number of para-hydroxylation sites is 1. The number of ether oxygens (including phenoxy) is 1. The van der Waals surface area contributed by atoms with Crippen molar-refractivity contribution in [3.8, 4) is 0 Å². The van der Waals surface area contributed by atoms with Gasteiger partial charge >= 0.3 is 0 Å². The van der Waals surface area contributed by atoms with Gasteiger partial charge in [-0.3, -0.25) is 0 Å². The van der Waals surface area contributed by atoms with Crippen LogP contribution in [-0.4, -0.2) is 13.3 Å². The van der Waals surface area contributed by atoms with Gasteiger partial charge in [0.1, 0.15) is 6.23 Å². The van der Waals surface area contributed by atoms with Crippen molar-refractivity contribution >= 4 is 11.3 Å². The fourth-order valence-corrected chi connectivity index (χ4v) is 4.42. The van der Waals surface area contributed by atoms with Crippen molar-refractivity contribution in [3.05, 3.63) is 119 Å². The van der Waals surface area contributed by atoms with E-state index >= 15 is 0 Å². The van der Waals surface area contributed by atoms with Gasteiger partial charge in [0, 0.05) is 42.9 Å². The molecule has 3 heteroatoms. The minimum Gasteiger partial charge on any atom is -0.362 e. The monoisotopic (exact) mass is 442 g/mol. The topological polar surface area (TPSA) is 24.5 Å². The standard InChI is InChI=1S/C28H30N2O.2CH4/c1-18-11-19(2)13-23(12-18)16-30-17-26(22(5)25-9-7-8-10-27(25)30)21(4)24-14-20(3)28(31-6)29-15-24;;/h7-15,17,28-29H,4-5,16H2,1-3,6H3;2*1H4. The zero-order valence-corrected chi connectivity index (χ0v) is 18.8. The Bertz CT molecular complexity index is 1130. The highest BCUT2D eigenvalue weighted by Crippen LogP contribution is 2.41. The normalized spacial score (nSPS) is 16.8. The van der Waals surface area contributed by atoms with E-state index in [9.17, 15) is 0 Å². The lowest BCUT2D eigenvalue weighted by atomic mass is 9.86. The zero-order chi connectivity index (χ0) is 22.1. The van der Waals surface area contributed by atoms with Crippen LogP contribution in [0.1, 0.15) is 44.0 Å². The maximum absolute atomic E-state index is 5.45. The summed E-state index contributed by atoms with van der Waals surface area (Å²) in [5.41, 5.74) is 11.3. The zero-order valence-electron chi connectivity index (χ0n) is 18.8. The summed E-state index contributed by atoms with van der Waals surface area (Å²) >= 11 is 0. The van der Waals surface area contributed by atoms with Crippen LogP contribution >= 0.6 is 0 Å². The minimum absolute atomic E-state index is 0. The van der Waals surface area contributed by atoms with E-state index in [2.05, 4.69) is 98.9 Å². The second-order valence-corrected chi connectivity index (χ2v) is 8.41. The molecule has 0 aromatic heterocycles. The van der Waals surface area contributed by atoms with E-state index in [1.54, 1.807) is 7.11 Å². The summed E-state index contributed by atoms with van der Waals surface area (Å²) in [6.07, 6.45) is 6.21. The largest absolute Gasteiger partial charge is 0.362 e. The van der Waals surface area contributed by atoms with Crippen LogP contribution in [0.3, 0.4) is 0 Å². The van der Waals surface area contributed by atoms with Crippen LogP contribution in [0.4, 0.5) is 5.69 Å². The molecule has 2 heterocycles. The number of allylic oxidation sites excluding steroid dienone is 5. The van der Waals surface area contributed by atoms with Gasteiger partial charge in [0.25, 0.3) is 0 Å². The van der Waals surface area contributed by atoms with E-state index in [0.717, 1.165) is 40.0 Å². The van der Waals surface area contributed by atoms with E-state index in [1.165, 1.54) is 22.4 Å². The number of aryl methyl sites for hydroxylation is 2. The molecule has 3 nitrogen and oxygen atoms in total. The third kappa shape index (κ3) is 5.20. The number of fused-ring (bicyclic) bond motifs is 1. The van der Waals surface area contributed by atoms with Gasteiger partial charge in [-0.2, -0.15) is 0 Å². The lowest BCUT2D eigenvalue weighted by Crippen LogP contribution is -2.30. The molecule has 0 saturated heterocycles. The van der Waals surface area contributed by atoms with Crippen molar-refractivity contribution in [2.24, 2.45) is 0 Å². The number of rotatable bonds is 5. The molecule has 0 aliphatic carbocycles. The number of methoxy groups -OCH3 is 1. The maximum atomic E-state index is 5.45. The lowest BCUT2D eigenvalue weighted by molar-refractivity contribution is 0.114. The number of dihydropyridines is 1. The molecular weight excluding hydrogens is 404 g/mol. The van der Waals surface area contributed by atoms with Gasteiger partial charge in [0.05, 0.1) is 0 Å². The van der Waals surface area contributed by atoms with Crippen molar-refractivity contribution < 1.29 is 4.74 Å². The smallest absolute Gasteiger partial charge is 0.149 e.